The first-order valence-corrected chi connectivity index (χ1v) is 23.1. The Hall–Kier alpha value is -3.15. The van der Waals surface area contributed by atoms with Crippen LogP contribution in [0.15, 0.2) is 54.6 Å². The normalized spacial score (nSPS) is 11.8. The van der Waals surface area contributed by atoms with Gasteiger partial charge in [-0.05, 0) is 36.5 Å². The van der Waals surface area contributed by atoms with Crippen LogP contribution in [0.4, 0.5) is 0 Å². The highest BCUT2D eigenvalue weighted by Gasteiger charge is 2.24. The van der Waals surface area contributed by atoms with E-state index in [0.717, 1.165) is 55.2 Å². The highest BCUT2D eigenvalue weighted by atomic mass is 16.6. The third kappa shape index (κ3) is 25.2. The average Bonchev–Trinajstić information content (AvgIpc) is 3.22. The molecule has 0 saturated heterocycles. The summed E-state index contributed by atoms with van der Waals surface area (Å²) in [6.45, 7) is 6.06. The van der Waals surface area contributed by atoms with Crippen molar-refractivity contribution in [3.05, 3.63) is 60.2 Å². The van der Waals surface area contributed by atoms with Crippen molar-refractivity contribution < 1.29 is 28.6 Å². The molecule has 316 valence electrons. The number of carbonyl (C=O) groups excluding carboxylic acids is 3. The quantitative estimate of drug-likeness (QED) is 0.0389. The summed E-state index contributed by atoms with van der Waals surface area (Å²) >= 11 is 0. The van der Waals surface area contributed by atoms with E-state index in [-0.39, 0.29) is 25.2 Å². The molecular formula is C50H80O6. The van der Waals surface area contributed by atoms with Gasteiger partial charge in [-0.3, -0.25) is 14.4 Å². The van der Waals surface area contributed by atoms with Gasteiger partial charge in [0.1, 0.15) is 13.2 Å². The molecule has 0 aromatic heterocycles. The molecule has 1 unspecified atom stereocenters. The number of unbranched alkanes of at least 4 members (excludes halogenated alkanes) is 24. The van der Waals surface area contributed by atoms with Gasteiger partial charge in [-0.2, -0.15) is 0 Å². The predicted octanol–water partition coefficient (Wildman–Crippen LogP) is 14.4. The third-order valence-electron chi connectivity index (χ3n) is 11.0. The second-order valence-electron chi connectivity index (χ2n) is 16.1. The van der Waals surface area contributed by atoms with E-state index >= 15 is 0 Å². The minimum absolute atomic E-state index is 0.130. The fraction of sp³-hybridized carbons (Fsp3) is 0.700. The molecule has 2 aromatic rings. The second kappa shape index (κ2) is 33.9. The molecule has 6 heteroatoms. The Balaban J connectivity index is 1.72. The van der Waals surface area contributed by atoms with E-state index in [2.05, 4.69) is 26.0 Å². The van der Waals surface area contributed by atoms with Gasteiger partial charge >= 0.3 is 17.9 Å². The van der Waals surface area contributed by atoms with Crippen LogP contribution in [0.25, 0.3) is 11.1 Å². The summed E-state index contributed by atoms with van der Waals surface area (Å²) in [6.07, 6.45) is 32.1. The molecule has 2 aromatic carbocycles. The van der Waals surface area contributed by atoms with Gasteiger partial charge in [0.25, 0.3) is 0 Å². The minimum atomic E-state index is -0.861. The molecule has 0 N–H and O–H groups in total. The van der Waals surface area contributed by atoms with Crippen molar-refractivity contribution in [2.75, 3.05) is 13.2 Å². The second-order valence-corrected chi connectivity index (χ2v) is 16.1. The van der Waals surface area contributed by atoms with Crippen molar-refractivity contribution in [1.82, 2.24) is 0 Å². The van der Waals surface area contributed by atoms with Crippen LogP contribution in [0.2, 0.25) is 0 Å². The third-order valence-corrected chi connectivity index (χ3v) is 11.0. The maximum Gasteiger partial charge on any atom is 0.313 e. The van der Waals surface area contributed by atoms with Gasteiger partial charge in [0.2, 0.25) is 0 Å². The standard InChI is InChI=1S/C50H80O6/c1-4-6-8-10-12-14-16-18-20-22-24-26-31-35-48(51)54-41-47(42-55-49(52)36-32-27-25-23-21-19-17-15-13-11-9-7-5-2)56-50(53)43(3)44-37-39-46(40-38-44)45-33-29-28-30-34-45/h28-30,33-34,37-40,43,47H,4-27,31-32,35-36,41-42H2,1-3H3. The lowest BCUT2D eigenvalue weighted by molar-refractivity contribution is -0.167. The Morgan fingerprint density at radius 2 is 0.786 bits per heavy atom. The first kappa shape index (κ1) is 49.0. The van der Waals surface area contributed by atoms with Crippen LogP contribution in [0.3, 0.4) is 0 Å². The van der Waals surface area contributed by atoms with Crippen LogP contribution in [-0.2, 0) is 28.6 Å². The number of rotatable bonds is 36. The van der Waals surface area contributed by atoms with Crippen LogP contribution in [-0.4, -0.2) is 37.2 Å². The Bertz CT molecular complexity index is 1200. The van der Waals surface area contributed by atoms with Crippen molar-refractivity contribution >= 4 is 17.9 Å². The van der Waals surface area contributed by atoms with Crippen molar-refractivity contribution in [2.45, 2.75) is 213 Å². The molecule has 0 fully saturated rings. The van der Waals surface area contributed by atoms with Crippen molar-refractivity contribution in [1.29, 1.82) is 0 Å². The van der Waals surface area contributed by atoms with Crippen LogP contribution < -0.4 is 0 Å². The van der Waals surface area contributed by atoms with Gasteiger partial charge in [0.05, 0.1) is 5.92 Å². The Morgan fingerprint density at radius 3 is 1.16 bits per heavy atom. The predicted molar refractivity (Wildman–Crippen MR) is 233 cm³/mol. The van der Waals surface area contributed by atoms with Crippen LogP contribution in [0.5, 0.6) is 0 Å². The molecule has 0 aliphatic heterocycles. The molecular weight excluding hydrogens is 697 g/mol. The fourth-order valence-electron chi connectivity index (χ4n) is 7.20. The van der Waals surface area contributed by atoms with Crippen molar-refractivity contribution in [3.63, 3.8) is 0 Å². The molecule has 2 rings (SSSR count). The molecule has 56 heavy (non-hydrogen) atoms. The Morgan fingerprint density at radius 1 is 0.446 bits per heavy atom. The lowest BCUT2D eigenvalue weighted by Gasteiger charge is -2.20. The fourth-order valence-corrected chi connectivity index (χ4v) is 7.20. The maximum absolute atomic E-state index is 13.3. The van der Waals surface area contributed by atoms with E-state index in [1.807, 2.05) is 42.5 Å². The lowest BCUT2D eigenvalue weighted by Crippen LogP contribution is -2.32. The summed E-state index contributed by atoms with van der Waals surface area (Å²) in [4.78, 5) is 38.6. The zero-order chi connectivity index (χ0) is 40.3. The molecule has 6 nitrogen and oxygen atoms in total. The largest absolute Gasteiger partial charge is 0.462 e. The zero-order valence-electron chi connectivity index (χ0n) is 36.0. The SMILES string of the molecule is CCCCCCCCCCCCCCCC(=O)OCC(COC(=O)CCCCCCCCCCCCCCC)OC(=O)C(C)c1ccc(-c2ccccc2)cc1. The monoisotopic (exact) mass is 777 g/mol. The van der Waals surface area contributed by atoms with Gasteiger partial charge < -0.3 is 14.2 Å². The minimum Gasteiger partial charge on any atom is -0.462 e. The summed E-state index contributed by atoms with van der Waals surface area (Å²) in [5.41, 5.74) is 3.00. The van der Waals surface area contributed by atoms with Crippen LogP contribution in [0.1, 0.15) is 212 Å². The van der Waals surface area contributed by atoms with E-state index in [4.69, 9.17) is 14.2 Å². The lowest BCUT2D eigenvalue weighted by atomic mass is 9.97. The molecule has 0 aliphatic carbocycles. The highest BCUT2D eigenvalue weighted by molar-refractivity contribution is 5.78. The number of ether oxygens (including phenoxy) is 3. The molecule has 0 aliphatic rings. The number of carbonyl (C=O) groups is 3. The molecule has 1 atom stereocenters. The summed E-state index contributed by atoms with van der Waals surface area (Å²) in [5, 5.41) is 0. The Labute approximate surface area is 342 Å². The average molecular weight is 777 g/mol. The molecule has 0 spiro atoms. The summed E-state index contributed by atoms with van der Waals surface area (Å²) in [6, 6.07) is 18.0. The molecule has 0 radical (unpaired) electrons. The summed E-state index contributed by atoms with van der Waals surface area (Å²) in [5.74, 6) is -1.60. The van der Waals surface area contributed by atoms with Crippen LogP contribution in [0, 0.1) is 0 Å². The van der Waals surface area contributed by atoms with Crippen molar-refractivity contribution in [3.8, 4) is 11.1 Å². The first-order chi connectivity index (χ1) is 27.4. The first-order valence-electron chi connectivity index (χ1n) is 23.1. The van der Waals surface area contributed by atoms with Crippen LogP contribution >= 0.6 is 0 Å². The number of esters is 3. The summed E-state index contributed by atoms with van der Waals surface area (Å²) in [7, 11) is 0. The van der Waals surface area contributed by atoms with E-state index in [1.165, 1.54) is 128 Å². The molecule has 0 heterocycles. The number of benzene rings is 2. The maximum atomic E-state index is 13.3. The molecule has 0 bridgehead atoms. The van der Waals surface area contributed by atoms with E-state index in [1.54, 1.807) is 6.92 Å². The number of hydrogen-bond acceptors (Lipinski definition) is 6. The van der Waals surface area contributed by atoms with E-state index in [9.17, 15) is 14.4 Å². The van der Waals surface area contributed by atoms with Gasteiger partial charge in [0, 0.05) is 12.8 Å². The zero-order valence-corrected chi connectivity index (χ0v) is 36.0. The van der Waals surface area contributed by atoms with Gasteiger partial charge in [-0.25, -0.2) is 0 Å². The van der Waals surface area contributed by atoms with Gasteiger partial charge in [0.15, 0.2) is 6.10 Å². The smallest absolute Gasteiger partial charge is 0.313 e. The van der Waals surface area contributed by atoms with E-state index in [0.29, 0.717) is 12.8 Å². The topological polar surface area (TPSA) is 78.9 Å². The highest BCUT2D eigenvalue weighted by Crippen LogP contribution is 2.24. The summed E-state index contributed by atoms with van der Waals surface area (Å²) < 4.78 is 17.0. The van der Waals surface area contributed by atoms with E-state index < -0.39 is 18.0 Å². The molecule has 0 amide bonds. The van der Waals surface area contributed by atoms with Crippen molar-refractivity contribution in [2.24, 2.45) is 0 Å². The van der Waals surface area contributed by atoms with Gasteiger partial charge in [-0.15, -0.1) is 0 Å². The van der Waals surface area contributed by atoms with Gasteiger partial charge in [-0.1, -0.05) is 223 Å². The Kier molecular flexibility index (Phi) is 29.7. The number of hydrogen-bond donors (Lipinski definition) is 0. The molecule has 0 saturated carbocycles.